The van der Waals surface area contributed by atoms with Crippen LogP contribution in [0.4, 0.5) is 4.39 Å². The number of benzene rings is 1. The van der Waals surface area contributed by atoms with E-state index in [4.69, 9.17) is 16.3 Å². The topological polar surface area (TPSA) is 74.1 Å². The fourth-order valence-corrected chi connectivity index (χ4v) is 7.04. The number of hydrogen-bond acceptors (Lipinski definition) is 6. The molecule has 2 atom stereocenters. The minimum atomic E-state index is -4.15. The van der Waals surface area contributed by atoms with E-state index in [1.807, 2.05) is 38.6 Å². The second kappa shape index (κ2) is 9.00. The van der Waals surface area contributed by atoms with Crippen molar-refractivity contribution in [2.75, 3.05) is 0 Å². The first-order valence-corrected chi connectivity index (χ1v) is 13.5. The van der Waals surface area contributed by atoms with Gasteiger partial charge in [0.1, 0.15) is 22.6 Å². The molecule has 3 aromatic rings. The van der Waals surface area contributed by atoms with Gasteiger partial charge in [-0.15, -0.1) is 11.3 Å². The van der Waals surface area contributed by atoms with Crippen LogP contribution in [0.5, 0.6) is 5.75 Å². The van der Waals surface area contributed by atoms with E-state index in [1.165, 1.54) is 6.20 Å². The highest BCUT2D eigenvalue weighted by molar-refractivity contribution is 7.93. The minimum absolute atomic E-state index is 0.0527. The number of sulfone groups is 1. The van der Waals surface area contributed by atoms with E-state index in [9.17, 15) is 8.42 Å². The summed E-state index contributed by atoms with van der Waals surface area (Å²) in [5, 5.41) is 4.31. The molecule has 10 heteroatoms. The van der Waals surface area contributed by atoms with Crippen molar-refractivity contribution in [3.63, 3.8) is 0 Å². The molecule has 33 heavy (non-hydrogen) atoms. The zero-order valence-corrected chi connectivity index (χ0v) is 21.4. The molecule has 2 heterocycles. The van der Waals surface area contributed by atoms with Crippen LogP contribution in [0, 0.1) is 5.82 Å². The molecule has 0 radical (unpaired) electrons. The Balaban J connectivity index is 1.63. The Morgan fingerprint density at radius 2 is 1.97 bits per heavy atom. The Labute approximate surface area is 202 Å². The van der Waals surface area contributed by atoms with Gasteiger partial charge in [-0.3, -0.25) is 4.68 Å². The second-order valence-corrected chi connectivity index (χ2v) is 12.9. The van der Waals surface area contributed by atoms with Crippen LogP contribution in [0.1, 0.15) is 62.9 Å². The molecule has 4 rings (SSSR count). The molecule has 1 fully saturated rings. The number of thiazole rings is 1. The monoisotopic (exact) mass is 511 g/mol. The van der Waals surface area contributed by atoms with Crippen molar-refractivity contribution >= 4 is 32.8 Å². The van der Waals surface area contributed by atoms with Gasteiger partial charge in [0, 0.05) is 42.0 Å². The van der Waals surface area contributed by atoms with Crippen LogP contribution < -0.4 is 4.74 Å². The number of halogens is 2. The zero-order valence-electron chi connectivity index (χ0n) is 19.0. The van der Waals surface area contributed by atoms with E-state index < -0.39 is 20.5 Å². The summed E-state index contributed by atoms with van der Waals surface area (Å²) in [5.74, 6) is -0.670. The highest BCUT2D eigenvalue weighted by Gasteiger charge is 2.33. The summed E-state index contributed by atoms with van der Waals surface area (Å²) in [6.07, 6.45) is 6.85. The van der Waals surface area contributed by atoms with Crippen molar-refractivity contribution in [2.24, 2.45) is 7.05 Å². The predicted molar refractivity (Wildman–Crippen MR) is 127 cm³/mol. The lowest BCUT2D eigenvalue weighted by atomic mass is 9.84. The van der Waals surface area contributed by atoms with Crippen LogP contribution in [-0.2, 0) is 22.3 Å². The van der Waals surface area contributed by atoms with Crippen LogP contribution in [0.3, 0.4) is 0 Å². The first-order chi connectivity index (χ1) is 15.5. The van der Waals surface area contributed by atoms with Crippen molar-refractivity contribution < 1.29 is 17.5 Å². The van der Waals surface area contributed by atoms with Gasteiger partial charge in [-0.1, -0.05) is 38.8 Å². The van der Waals surface area contributed by atoms with E-state index in [-0.39, 0.29) is 32.5 Å². The number of aromatic nitrogens is 3. The number of hydrogen-bond donors (Lipinski definition) is 0. The molecule has 0 N–H and O–H groups in total. The smallest absolute Gasteiger partial charge is 0.236 e. The fraction of sp³-hybridized carbons (Fsp3) is 0.478. The largest absolute Gasteiger partial charge is 0.488 e. The molecule has 0 bridgehead atoms. The second-order valence-electron chi connectivity index (χ2n) is 9.38. The maximum absolute atomic E-state index is 15.1. The van der Waals surface area contributed by atoms with E-state index in [2.05, 4.69) is 10.1 Å². The zero-order chi connectivity index (χ0) is 24.0. The van der Waals surface area contributed by atoms with E-state index >= 15 is 4.39 Å². The van der Waals surface area contributed by atoms with Gasteiger partial charge < -0.3 is 4.74 Å². The van der Waals surface area contributed by atoms with Gasteiger partial charge in [-0.2, -0.15) is 5.10 Å². The van der Waals surface area contributed by atoms with Crippen LogP contribution in [-0.4, -0.2) is 29.3 Å². The maximum Gasteiger partial charge on any atom is 0.236 e. The summed E-state index contributed by atoms with van der Waals surface area (Å²) >= 11 is 7.45. The molecular formula is C23H27ClFN3O3S2. The molecule has 0 spiro atoms. The van der Waals surface area contributed by atoms with Crippen molar-refractivity contribution in [1.82, 2.24) is 14.8 Å². The number of ether oxygens (including phenoxy) is 1. The maximum atomic E-state index is 15.1. The van der Waals surface area contributed by atoms with Crippen molar-refractivity contribution in [1.29, 1.82) is 0 Å². The highest BCUT2D eigenvalue weighted by atomic mass is 35.5. The van der Waals surface area contributed by atoms with Gasteiger partial charge in [-0.25, -0.2) is 17.8 Å². The van der Waals surface area contributed by atoms with Crippen molar-refractivity contribution in [3.05, 3.63) is 52.0 Å². The summed E-state index contributed by atoms with van der Waals surface area (Å²) in [7, 11) is -2.27. The normalized spacial score (nSPS) is 19.6. The van der Waals surface area contributed by atoms with Gasteiger partial charge in [0.25, 0.3) is 0 Å². The first-order valence-electron chi connectivity index (χ1n) is 10.8. The molecule has 6 nitrogen and oxygen atoms in total. The van der Waals surface area contributed by atoms with Crippen LogP contribution >= 0.6 is 22.9 Å². The highest BCUT2D eigenvalue weighted by Crippen LogP contribution is 2.40. The molecular weight excluding hydrogens is 485 g/mol. The molecule has 2 aromatic heterocycles. The summed E-state index contributed by atoms with van der Waals surface area (Å²) in [5.41, 5.74) is 0.790. The Bertz CT molecular complexity index is 1260. The van der Waals surface area contributed by atoms with E-state index in [0.717, 1.165) is 59.7 Å². The summed E-state index contributed by atoms with van der Waals surface area (Å²) < 4.78 is 49.1. The third-order valence-electron chi connectivity index (χ3n) is 5.95. The first kappa shape index (κ1) is 24.2. The summed E-state index contributed by atoms with van der Waals surface area (Å²) in [4.78, 5) is 4.34. The molecule has 0 aliphatic heterocycles. The minimum Gasteiger partial charge on any atom is -0.488 e. The van der Waals surface area contributed by atoms with Gasteiger partial charge in [0.05, 0.1) is 5.02 Å². The quantitative estimate of drug-likeness (QED) is 0.426. The Morgan fingerprint density at radius 1 is 1.24 bits per heavy atom. The lowest BCUT2D eigenvalue weighted by Gasteiger charge is -2.32. The third-order valence-corrected chi connectivity index (χ3v) is 9.83. The van der Waals surface area contributed by atoms with Gasteiger partial charge in [0.15, 0.2) is 0 Å². The molecule has 0 amide bonds. The van der Waals surface area contributed by atoms with E-state index in [1.54, 1.807) is 6.20 Å². The Kier molecular flexibility index (Phi) is 6.59. The average molecular weight is 512 g/mol. The predicted octanol–water partition coefficient (Wildman–Crippen LogP) is 5.90. The SMILES string of the molecule is Cn1nccc1[C@H]1CCCC[C@@H]1Oc1cc(F)c(S(=O)(=O)c2ncc(C(C)(C)C)s2)cc1Cl. The summed E-state index contributed by atoms with van der Waals surface area (Å²) in [6.45, 7) is 5.89. The lowest BCUT2D eigenvalue weighted by molar-refractivity contribution is 0.126. The molecule has 1 aliphatic carbocycles. The number of rotatable bonds is 5. The number of nitrogens with zero attached hydrogens (tertiary/aromatic N) is 3. The molecule has 1 aromatic carbocycles. The van der Waals surface area contributed by atoms with Crippen LogP contribution in [0.25, 0.3) is 0 Å². The van der Waals surface area contributed by atoms with Gasteiger partial charge in [0.2, 0.25) is 14.2 Å². The Morgan fingerprint density at radius 3 is 2.61 bits per heavy atom. The van der Waals surface area contributed by atoms with Gasteiger partial charge >= 0.3 is 0 Å². The standard InChI is InChI=1S/C23H27ClFN3O3S2/c1-23(2,3)21-13-26-22(32-21)33(29,30)20-11-15(24)19(12-16(20)25)31-18-8-6-5-7-14(18)17-9-10-27-28(17)4/h9-14,18H,5-8H2,1-4H3/t14-,18+/m1/s1. The van der Waals surface area contributed by atoms with Crippen LogP contribution in [0.2, 0.25) is 5.02 Å². The van der Waals surface area contributed by atoms with Crippen molar-refractivity contribution in [3.8, 4) is 5.75 Å². The average Bonchev–Trinajstić information content (AvgIpc) is 3.40. The molecule has 1 saturated carbocycles. The van der Waals surface area contributed by atoms with Crippen LogP contribution in [0.15, 0.2) is 39.8 Å². The molecule has 1 aliphatic rings. The van der Waals surface area contributed by atoms with E-state index in [0.29, 0.717) is 0 Å². The summed E-state index contributed by atoms with van der Waals surface area (Å²) in [6, 6.07) is 4.16. The number of aryl methyl sites for hydroxylation is 1. The fourth-order valence-electron chi connectivity index (χ4n) is 4.12. The van der Waals surface area contributed by atoms with Gasteiger partial charge in [-0.05, 0) is 36.8 Å². The Hall–Kier alpha value is -1.97. The third kappa shape index (κ3) is 4.81. The molecule has 0 unspecified atom stereocenters. The molecule has 0 saturated heterocycles. The molecule has 178 valence electrons. The van der Waals surface area contributed by atoms with Crippen molar-refractivity contribution in [2.45, 2.75) is 73.1 Å². The lowest BCUT2D eigenvalue weighted by Crippen LogP contribution is -2.30.